The van der Waals surface area contributed by atoms with Gasteiger partial charge in [0.15, 0.2) is 0 Å². The summed E-state index contributed by atoms with van der Waals surface area (Å²) in [6, 6.07) is 16.3. The van der Waals surface area contributed by atoms with Gasteiger partial charge in [0.05, 0.1) is 6.04 Å². The van der Waals surface area contributed by atoms with Gasteiger partial charge in [0, 0.05) is 10.7 Å². The smallest absolute Gasteiger partial charge is 0.0577 e. The lowest BCUT2D eigenvalue weighted by molar-refractivity contribution is 0.573. The Morgan fingerprint density at radius 2 is 1.85 bits per heavy atom. The fourth-order valence-corrected chi connectivity index (χ4v) is 2.55. The predicted molar refractivity (Wildman–Crippen MR) is 84.9 cm³/mol. The third-order valence-corrected chi connectivity index (χ3v) is 4.01. The molecule has 1 saturated carbocycles. The summed E-state index contributed by atoms with van der Waals surface area (Å²) >= 11 is 5.98. The zero-order valence-electron chi connectivity index (χ0n) is 11.4. The molecule has 0 radical (unpaired) electrons. The van der Waals surface area contributed by atoms with Crippen molar-refractivity contribution in [1.82, 2.24) is 5.32 Å². The van der Waals surface area contributed by atoms with Crippen LogP contribution in [0.4, 0.5) is 5.69 Å². The first-order valence-corrected chi connectivity index (χ1v) is 7.44. The van der Waals surface area contributed by atoms with E-state index in [1.807, 2.05) is 30.3 Å². The summed E-state index contributed by atoms with van der Waals surface area (Å²) in [5.41, 5.74) is 9.14. The molecule has 0 bridgehead atoms. The van der Waals surface area contributed by atoms with Gasteiger partial charge in [0.25, 0.3) is 0 Å². The summed E-state index contributed by atoms with van der Waals surface area (Å²) in [6.07, 6.45) is 2.69. The third kappa shape index (κ3) is 3.33. The van der Waals surface area contributed by atoms with E-state index < -0.39 is 0 Å². The minimum Gasteiger partial charge on any atom is -0.399 e. The predicted octanol–water partition coefficient (Wildman–Crippen LogP) is 4.01. The molecule has 1 atom stereocenters. The van der Waals surface area contributed by atoms with Gasteiger partial charge in [-0.25, -0.2) is 0 Å². The number of rotatable bonds is 5. The van der Waals surface area contributed by atoms with E-state index in [0.717, 1.165) is 23.2 Å². The summed E-state index contributed by atoms with van der Waals surface area (Å²) in [4.78, 5) is 0. The molecule has 104 valence electrons. The molecule has 2 aromatic carbocycles. The maximum absolute atomic E-state index is 5.98. The Morgan fingerprint density at radius 1 is 1.10 bits per heavy atom. The molecule has 3 N–H and O–H groups in total. The van der Waals surface area contributed by atoms with Gasteiger partial charge in [-0.3, -0.25) is 0 Å². The van der Waals surface area contributed by atoms with E-state index in [-0.39, 0.29) is 6.04 Å². The van der Waals surface area contributed by atoms with Crippen molar-refractivity contribution >= 4 is 17.3 Å². The summed E-state index contributed by atoms with van der Waals surface area (Å²) in [5.74, 6) is 0.839. The van der Waals surface area contributed by atoms with Crippen LogP contribution in [-0.2, 0) is 0 Å². The molecule has 3 heteroatoms. The Balaban J connectivity index is 1.87. The van der Waals surface area contributed by atoms with E-state index in [2.05, 4.69) is 23.5 Å². The van der Waals surface area contributed by atoms with Gasteiger partial charge in [-0.1, -0.05) is 35.9 Å². The number of anilines is 1. The first-order chi connectivity index (χ1) is 9.72. The first kappa shape index (κ1) is 13.5. The SMILES string of the molecule is Nc1cccc(C(NCC2CC2)c2ccc(Cl)cc2)c1. The molecule has 3 rings (SSSR count). The maximum atomic E-state index is 5.98. The second-order valence-corrected chi connectivity index (χ2v) is 5.94. The molecule has 20 heavy (non-hydrogen) atoms. The third-order valence-electron chi connectivity index (χ3n) is 3.75. The first-order valence-electron chi connectivity index (χ1n) is 7.06. The highest BCUT2D eigenvalue weighted by molar-refractivity contribution is 6.30. The standard InChI is InChI=1S/C17H19ClN2/c18-15-8-6-13(7-9-15)17(20-11-12-4-5-12)14-2-1-3-16(19)10-14/h1-3,6-10,12,17,20H,4-5,11,19H2. The number of benzene rings is 2. The Bertz CT molecular complexity index is 576. The van der Waals surface area contributed by atoms with Gasteiger partial charge in [-0.05, 0) is 60.7 Å². The van der Waals surface area contributed by atoms with Crippen LogP contribution >= 0.6 is 11.6 Å². The molecular formula is C17H19ClN2. The molecule has 0 saturated heterocycles. The number of hydrogen-bond acceptors (Lipinski definition) is 2. The molecule has 0 aliphatic heterocycles. The van der Waals surface area contributed by atoms with Crippen molar-refractivity contribution in [3.63, 3.8) is 0 Å². The Morgan fingerprint density at radius 3 is 2.50 bits per heavy atom. The highest BCUT2D eigenvalue weighted by atomic mass is 35.5. The summed E-state index contributed by atoms with van der Waals surface area (Å²) in [5, 5.41) is 4.43. The van der Waals surface area contributed by atoms with Crippen LogP contribution in [0.1, 0.15) is 30.0 Å². The molecule has 0 aromatic heterocycles. The normalized spacial score (nSPS) is 16.1. The quantitative estimate of drug-likeness (QED) is 0.815. The number of halogens is 1. The molecule has 0 spiro atoms. The minimum atomic E-state index is 0.177. The zero-order chi connectivity index (χ0) is 13.9. The van der Waals surface area contributed by atoms with Gasteiger partial charge in [0.2, 0.25) is 0 Å². The lowest BCUT2D eigenvalue weighted by Crippen LogP contribution is -2.24. The van der Waals surface area contributed by atoms with Crippen LogP contribution in [0.2, 0.25) is 5.02 Å². The Kier molecular flexibility index (Phi) is 3.95. The van der Waals surface area contributed by atoms with E-state index in [9.17, 15) is 0 Å². The van der Waals surface area contributed by atoms with Gasteiger partial charge in [-0.2, -0.15) is 0 Å². The second-order valence-electron chi connectivity index (χ2n) is 5.51. The fraction of sp³-hybridized carbons (Fsp3) is 0.294. The van der Waals surface area contributed by atoms with Gasteiger partial charge >= 0.3 is 0 Å². The average Bonchev–Trinajstić information content (AvgIpc) is 3.25. The second kappa shape index (κ2) is 5.86. The van der Waals surface area contributed by atoms with Crippen molar-refractivity contribution in [2.45, 2.75) is 18.9 Å². The summed E-state index contributed by atoms with van der Waals surface area (Å²) in [7, 11) is 0. The molecule has 0 amide bonds. The Hall–Kier alpha value is -1.51. The van der Waals surface area contributed by atoms with Crippen molar-refractivity contribution in [3.8, 4) is 0 Å². The summed E-state index contributed by atoms with van der Waals surface area (Å²) < 4.78 is 0. The van der Waals surface area contributed by atoms with Crippen LogP contribution in [-0.4, -0.2) is 6.54 Å². The topological polar surface area (TPSA) is 38.0 Å². The van der Waals surface area contributed by atoms with Crippen LogP contribution in [0.3, 0.4) is 0 Å². The molecular weight excluding hydrogens is 268 g/mol. The van der Waals surface area contributed by atoms with Crippen LogP contribution in [0.5, 0.6) is 0 Å². The van der Waals surface area contributed by atoms with E-state index in [0.29, 0.717) is 0 Å². The molecule has 2 aromatic rings. The fourth-order valence-electron chi connectivity index (χ4n) is 2.43. The van der Waals surface area contributed by atoms with Crippen LogP contribution in [0.15, 0.2) is 48.5 Å². The van der Waals surface area contributed by atoms with E-state index >= 15 is 0 Å². The number of nitrogens with one attached hydrogen (secondary N) is 1. The number of nitrogens with two attached hydrogens (primary N) is 1. The van der Waals surface area contributed by atoms with Gasteiger partial charge in [-0.15, -0.1) is 0 Å². The molecule has 1 fully saturated rings. The van der Waals surface area contributed by atoms with E-state index in [1.165, 1.54) is 24.0 Å². The average molecular weight is 287 g/mol. The molecule has 1 aliphatic carbocycles. The van der Waals surface area contributed by atoms with Gasteiger partial charge < -0.3 is 11.1 Å². The van der Waals surface area contributed by atoms with Crippen molar-refractivity contribution in [2.75, 3.05) is 12.3 Å². The monoisotopic (exact) mass is 286 g/mol. The minimum absolute atomic E-state index is 0.177. The molecule has 1 unspecified atom stereocenters. The molecule has 1 aliphatic rings. The largest absolute Gasteiger partial charge is 0.399 e. The zero-order valence-corrected chi connectivity index (χ0v) is 12.1. The highest BCUT2D eigenvalue weighted by Crippen LogP contribution is 2.30. The van der Waals surface area contributed by atoms with Crippen LogP contribution < -0.4 is 11.1 Å². The number of nitrogen functional groups attached to an aromatic ring is 1. The highest BCUT2D eigenvalue weighted by Gasteiger charge is 2.23. The number of hydrogen-bond donors (Lipinski definition) is 2. The molecule has 0 heterocycles. The van der Waals surface area contributed by atoms with Crippen molar-refractivity contribution < 1.29 is 0 Å². The van der Waals surface area contributed by atoms with E-state index in [4.69, 9.17) is 17.3 Å². The van der Waals surface area contributed by atoms with Crippen molar-refractivity contribution in [1.29, 1.82) is 0 Å². The van der Waals surface area contributed by atoms with Crippen molar-refractivity contribution in [2.24, 2.45) is 5.92 Å². The van der Waals surface area contributed by atoms with Crippen LogP contribution in [0, 0.1) is 5.92 Å². The van der Waals surface area contributed by atoms with Crippen LogP contribution in [0.25, 0.3) is 0 Å². The lowest BCUT2D eigenvalue weighted by atomic mass is 9.98. The van der Waals surface area contributed by atoms with Gasteiger partial charge in [0.1, 0.15) is 0 Å². The maximum Gasteiger partial charge on any atom is 0.0577 e. The molecule has 2 nitrogen and oxygen atoms in total. The van der Waals surface area contributed by atoms with Crippen molar-refractivity contribution in [3.05, 3.63) is 64.7 Å². The Labute approximate surface area is 125 Å². The van der Waals surface area contributed by atoms with E-state index in [1.54, 1.807) is 0 Å². The summed E-state index contributed by atoms with van der Waals surface area (Å²) in [6.45, 7) is 1.06. The lowest BCUT2D eigenvalue weighted by Gasteiger charge is -2.20.